The van der Waals surface area contributed by atoms with Crippen molar-refractivity contribution in [1.82, 2.24) is 19.7 Å². The van der Waals surface area contributed by atoms with Crippen molar-refractivity contribution in [2.45, 2.75) is 27.3 Å². The molecule has 0 unspecified atom stereocenters. The maximum absolute atomic E-state index is 12.2. The van der Waals surface area contributed by atoms with E-state index < -0.39 is 0 Å². The van der Waals surface area contributed by atoms with Crippen LogP contribution in [0.2, 0.25) is 0 Å². The molecule has 8 heteroatoms. The van der Waals surface area contributed by atoms with Crippen molar-refractivity contribution in [1.29, 1.82) is 5.26 Å². The van der Waals surface area contributed by atoms with Crippen molar-refractivity contribution in [2.24, 2.45) is 0 Å². The molecule has 3 aromatic rings. The molecule has 0 aliphatic rings. The molecular formula is C17H16N6OS. The fourth-order valence-electron chi connectivity index (χ4n) is 2.40. The maximum Gasteiger partial charge on any atom is 0.235 e. The van der Waals surface area contributed by atoms with Gasteiger partial charge in [0.1, 0.15) is 12.4 Å². The van der Waals surface area contributed by atoms with Gasteiger partial charge in [0.15, 0.2) is 5.13 Å². The Labute approximate surface area is 149 Å². The standard InChI is InChI=1S/C17H16N6OS/c1-11-4-5-15(6-12(11)2)23(13(3)24)17-20-14(9-25-17)8-22-10-19-21-16(22)7-18/h4-6,9-10H,8H2,1-3H3. The van der Waals surface area contributed by atoms with Crippen LogP contribution in [0.1, 0.15) is 29.6 Å². The number of hydrogen-bond acceptors (Lipinski definition) is 6. The third-order valence-electron chi connectivity index (χ3n) is 3.84. The van der Waals surface area contributed by atoms with Crippen LogP contribution in [-0.2, 0) is 11.3 Å². The normalized spacial score (nSPS) is 10.5. The van der Waals surface area contributed by atoms with Crippen molar-refractivity contribution in [3.63, 3.8) is 0 Å². The lowest BCUT2D eigenvalue weighted by Crippen LogP contribution is -2.22. The molecule has 0 atom stereocenters. The van der Waals surface area contributed by atoms with Crippen molar-refractivity contribution in [3.8, 4) is 6.07 Å². The van der Waals surface area contributed by atoms with E-state index in [0.717, 1.165) is 16.9 Å². The molecule has 0 saturated heterocycles. The number of nitrogens with zero attached hydrogens (tertiary/aromatic N) is 6. The zero-order chi connectivity index (χ0) is 18.0. The number of rotatable bonds is 4. The Balaban J connectivity index is 1.91. The van der Waals surface area contributed by atoms with Crippen LogP contribution in [-0.4, -0.2) is 25.7 Å². The number of carbonyl (C=O) groups excluding carboxylic acids is 1. The van der Waals surface area contributed by atoms with Gasteiger partial charge in [-0.25, -0.2) is 4.98 Å². The van der Waals surface area contributed by atoms with E-state index >= 15 is 0 Å². The minimum atomic E-state index is -0.105. The summed E-state index contributed by atoms with van der Waals surface area (Å²) in [6, 6.07) is 7.87. The van der Waals surface area contributed by atoms with Crippen molar-refractivity contribution in [2.75, 3.05) is 4.90 Å². The number of aryl methyl sites for hydroxylation is 2. The van der Waals surface area contributed by atoms with Crippen molar-refractivity contribution < 1.29 is 4.79 Å². The van der Waals surface area contributed by atoms with Gasteiger partial charge < -0.3 is 0 Å². The first-order valence-corrected chi connectivity index (χ1v) is 8.48. The fraction of sp³-hybridized carbons (Fsp3) is 0.235. The Bertz CT molecular complexity index is 968. The van der Waals surface area contributed by atoms with Crippen molar-refractivity contribution in [3.05, 3.63) is 52.6 Å². The molecule has 25 heavy (non-hydrogen) atoms. The molecule has 126 valence electrons. The summed E-state index contributed by atoms with van der Waals surface area (Å²) in [5, 5.41) is 18.9. The zero-order valence-electron chi connectivity index (χ0n) is 14.1. The lowest BCUT2D eigenvalue weighted by Gasteiger charge is -2.19. The molecule has 1 amide bonds. The topological polar surface area (TPSA) is 87.7 Å². The quantitative estimate of drug-likeness (QED) is 0.720. The second kappa shape index (κ2) is 6.83. The highest BCUT2D eigenvalue weighted by Gasteiger charge is 2.19. The van der Waals surface area contributed by atoms with E-state index in [9.17, 15) is 4.79 Å². The van der Waals surface area contributed by atoms with Gasteiger partial charge in [-0.05, 0) is 37.1 Å². The van der Waals surface area contributed by atoms with Crippen LogP contribution in [0, 0.1) is 25.2 Å². The summed E-state index contributed by atoms with van der Waals surface area (Å²) in [7, 11) is 0. The van der Waals surface area contributed by atoms with Gasteiger partial charge in [-0.2, -0.15) is 5.26 Å². The summed E-state index contributed by atoms with van der Waals surface area (Å²) in [4.78, 5) is 18.3. The van der Waals surface area contributed by atoms with Gasteiger partial charge in [-0.15, -0.1) is 21.5 Å². The molecule has 0 aliphatic heterocycles. The summed E-state index contributed by atoms with van der Waals surface area (Å²) >= 11 is 1.38. The second-order valence-electron chi connectivity index (χ2n) is 5.64. The van der Waals surface area contributed by atoms with Gasteiger partial charge in [-0.1, -0.05) is 6.07 Å². The molecule has 0 spiro atoms. The number of carbonyl (C=O) groups is 1. The average molecular weight is 352 g/mol. The van der Waals surface area contributed by atoms with Crippen LogP contribution in [0.4, 0.5) is 10.8 Å². The monoisotopic (exact) mass is 352 g/mol. The molecule has 7 nitrogen and oxygen atoms in total. The zero-order valence-corrected chi connectivity index (χ0v) is 14.9. The SMILES string of the molecule is CC(=O)N(c1ccc(C)c(C)c1)c1nc(Cn2cnnc2C#N)cs1. The minimum absolute atomic E-state index is 0.105. The first-order valence-electron chi connectivity index (χ1n) is 7.60. The Morgan fingerprint density at radius 3 is 2.84 bits per heavy atom. The second-order valence-corrected chi connectivity index (χ2v) is 6.48. The third kappa shape index (κ3) is 3.41. The van der Waals surface area contributed by atoms with Gasteiger partial charge in [0.05, 0.1) is 17.9 Å². The number of benzene rings is 1. The Morgan fingerprint density at radius 1 is 1.36 bits per heavy atom. The predicted octanol–water partition coefficient (Wildman–Crippen LogP) is 2.96. The van der Waals surface area contributed by atoms with Gasteiger partial charge in [0.25, 0.3) is 0 Å². The molecular weight excluding hydrogens is 336 g/mol. The van der Waals surface area contributed by atoms with Gasteiger partial charge in [0.2, 0.25) is 11.7 Å². The lowest BCUT2D eigenvalue weighted by molar-refractivity contribution is -0.115. The first kappa shape index (κ1) is 16.8. The molecule has 3 rings (SSSR count). The summed E-state index contributed by atoms with van der Waals surface area (Å²) < 4.78 is 1.62. The van der Waals surface area contributed by atoms with Crippen molar-refractivity contribution >= 4 is 28.1 Å². The summed E-state index contributed by atoms with van der Waals surface area (Å²) in [6.07, 6.45) is 1.49. The van der Waals surface area contributed by atoms with Crippen LogP contribution in [0.5, 0.6) is 0 Å². The number of amides is 1. The molecule has 2 heterocycles. The highest BCUT2D eigenvalue weighted by Crippen LogP contribution is 2.30. The minimum Gasteiger partial charge on any atom is -0.299 e. The van der Waals surface area contributed by atoms with E-state index in [1.165, 1.54) is 30.2 Å². The Morgan fingerprint density at radius 2 is 2.16 bits per heavy atom. The predicted molar refractivity (Wildman–Crippen MR) is 94.7 cm³/mol. The number of anilines is 2. The molecule has 0 radical (unpaired) electrons. The van der Waals surface area contributed by atoms with E-state index in [2.05, 4.69) is 15.2 Å². The molecule has 0 saturated carbocycles. The van der Waals surface area contributed by atoms with E-state index in [0.29, 0.717) is 11.7 Å². The number of thiazole rings is 1. The van der Waals surface area contributed by atoms with Crippen LogP contribution in [0.3, 0.4) is 0 Å². The number of hydrogen-bond donors (Lipinski definition) is 0. The highest BCUT2D eigenvalue weighted by molar-refractivity contribution is 7.14. The maximum atomic E-state index is 12.2. The Kier molecular flexibility index (Phi) is 4.59. The van der Waals surface area contributed by atoms with E-state index in [4.69, 9.17) is 5.26 Å². The van der Waals surface area contributed by atoms with E-state index in [1.807, 2.05) is 43.5 Å². The van der Waals surface area contributed by atoms with Crippen LogP contribution in [0.25, 0.3) is 0 Å². The van der Waals surface area contributed by atoms with Gasteiger partial charge in [0, 0.05) is 12.3 Å². The van der Waals surface area contributed by atoms with Crippen LogP contribution < -0.4 is 4.90 Å². The summed E-state index contributed by atoms with van der Waals surface area (Å²) in [5.41, 5.74) is 3.82. The Hall–Kier alpha value is -3.05. The first-order chi connectivity index (χ1) is 12.0. The third-order valence-corrected chi connectivity index (χ3v) is 4.72. The molecule has 1 aromatic carbocycles. The number of nitriles is 1. The molecule has 0 fully saturated rings. The van der Waals surface area contributed by atoms with Crippen LogP contribution >= 0.6 is 11.3 Å². The molecule has 0 bridgehead atoms. The van der Waals surface area contributed by atoms with Gasteiger partial charge >= 0.3 is 0 Å². The van der Waals surface area contributed by atoms with E-state index in [1.54, 1.807) is 9.47 Å². The lowest BCUT2D eigenvalue weighted by atomic mass is 10.1. The highest BCUT2D eigenvalue weighted by atomic mass is 32.1. The smallest absolute Gasteiger partial charge is 0.235 e. The van der Waals surface area contributed by atoms with Crippen LogP contribution in [0.15, 0.2) is 29.9 Å². The van der Waals surface area contributed by atoms with E-state index in [-0.39, 0.29) is 11.7 Å². The summed E-state index contributed by atoms with van der Waals surface area (Å²) in [5.74, 6) is 0.123. The van der Waals surface area contributed by atoms with Gasteiger partial charge in [-0.3, -0.25) is 14.3 Å². The fourth-order valence-corrected chi connectivity index (χ4v) is 3.27. The molecule has 0 N–H and O–H groups in total. The number of aromatic nitrogens is 4. The average Bonchev–Trinajstić information content (AvgIpc) is 3.20. The largest absolute Gasteiger partial charge is 0.299 e. The summed E-state index contributed by atoms with van der Waals surface area (Å²) in [6.45, 7) is 5.94. The molecule has 0 aliphatic carbocycles. The molecule has 2 aromatic heterocycles.